The third kappa shape index (κ3) is 2.99. The number of fused-ring (bicyclic) bond motifs is 6. The molecule has 6 rings (SSSR count). The molecule has 6 nitrogen and oxygen atoms in total. The van der Waals surface area contributed by atoms with Gasteiger partial charge in [0.25, 0.3) is 0 Å². The Morgan fingerprint density at radius 1 is 0.944 bits per heavy atom. The van der Waals surface area contributed by atoms with Crippen LogP contribution in [0.15, 0.2) is 54.6 Å². The second kappa shape index (κ2) is 7.78. The molecule has 3 heterocycles. The summed E-state index contributed by atoms with van der Waals surface area (Å²) < 4.78 is 14.3. The summed E-state index contributed by atoms with van der Waals surface area (Å²) in [5.41, 5.74) is 3.19. The standard InChI is InChI=1S/C30H28N2O4/c1-18-7-6-8-19(2)26(18)35-16-15-30-14-13-29(3,36-30)24-25(30)28(34)32(27(24)33)23-12-11-20(17-31)21-9-4-5-10-22(21)23/h4-12,33-34H,13-16H2,1-3H3/t29-,30-/m0/s1. The third-order valence-corrected chi connectivity index (χ3v) is 7.96. The third-order valence-electron chi connectivity index (χ3n) is 7.96. The Hall–Kier alpha value is -3.95. The Kier molecular flexibility index (Phi) is 4.86. The quantitative estimate of drug-likeness (QED) is 0.353. The second-order valence-corrected chi connectivity index (χ2v) is 10.2. The number of rotatable bonds is 5. The van der Waals surface area contributed by atoms with Gasteiger partial charge in [0.15, 0.2) is 0 Å². The molecule has 0 unspecified atom stereocenters. The molecular weight excluding hydrogens is 452 g/mol. The van der Waals surface area contributed by atoms with Crippen LogP contribution in [0.1, 0.15) is 54.0 Å². The number of ether oxygens (including phenoxy) is 2. The van der Waals surface area contributed by atoms with Crippen molar-refractivity contribution in [3.8, 4) is 29.3 Å². The van der Waals surface area contributed by atoms with Crippen LogP contribution in [0, 0.1) is 25.2 Å². The minimum absolute atomic E-state index is 0.0166. The van der Waals surface area contributed by atoms with Crippen molar-refractivity contribution in [3.05, 3.63) is 82.4 Å². The van der Waals surface area contributed by atoms with Gasteiger partial charge in [0, 0.05) is 17.2 Å². The zero-order valence-corrected chi connectivity index (χ0v) is 20.6. The zero-order chi connectivity index (χ0) is 25.2. The van der Waals surface area contributed by atoms with Crippen molar-refractivity contribution in [2.45, 2.75) is 51.2 Å². The molecule has 6 heteroatoms. The van der Waals surface area contributed by atoms with E-state index in [1.807, 2.05) is 63.2 Å². The van der Waals surface area contributed by atoms with Gasteiger partial charge in [-0.05, 0) is 56.9 Å². The minimum atomic E-state index is -0.740. The maximum absolute atomic E-state index is 11.6. The Morgan fingerprint density at radius 2 is 1.64 bits per heavy atom. The lowest BCUT2D eigenvalue weighted by molar-refractivity contribution is -0.0876. The van der Waals surface area contributed by atoms with Gasteiger partial charge in [0.05, 0.1) is 40.7 Å². The number of aryl methyl sites for hydroxylation is 2. The highest BCUT2D eigenvalue weighted by atomic mass is 16.5. The molecular formula is C30H28N2O4. The SMILES string of the molecule is Cc1cccc(C)c1OCC[C@]12CC[C@](C)(O1)c1c2c(O)n(-c2ccc(C#N)c3ccccc23)c1O. The summed E-state index contributed by atoms with van der Waals surface area (Å²) in [7, 11) is 0. The van der Waals surface area contributed by atoms with E-state index in [0.717, 1.165) is 40.5 Å². The summed E-state index contributed by atoms with van der Waals surface area (Å²) in [5.74, 6) is 0.839. The highest BCUT2D eigenvalue weighted by Crippen LogP contribution is 2.65. The van der Waals surface area contributed by atoms with Crippen molar-refractivity contribution in [3.63, 3.8) is 0 Å². The van der Waals surface area contributed by atoms with Gasteiger partial charge in [-0.25, -0.2) is 0 Å². The van der Waals surface area contributed by atoms with E-state index in [9.17, 15) is 15.5 Å². The number of aromatic hydroxyl groups is 2. The molecule has 0 saturated carbocycles. The lowest BCUT2D eigenvalue weighted by Crippen LogP contribution is -2.25. The first-order chi connectivity index (χ1) is 17.3. The first-order valence-electron chi connectivity index (χ1n) is 12.3. The fraction of sp³-hybridized carbons (Fsp3) is 0.300. The first kappa shape index (κ1) is 22.5. The molecule has 36 heavy (non-hydrogen) atoms. The summed E-state index contributed by atoms with van der Waals surface area (Å²) in [5, 5.41) is 34.2. The number of benzene rings is 3. The lowest BCUT2D eigenvalue weighted by Gasteiger charge is -2.26. The highest BCUT2D eigenvalue weighted by Gasteiger charge is 2.61. The Morgan fingerprint density at radius 3 is 2.36 bits per heavy atom. The summed E-state index contributed by atoms with van der Waals surface area (Å²) in [6.45, 7) is 6.46. The van der Waals surface area contributed by atoms with Gasteiger partial charge >= 0.3 is 0 Å². The Labute approximate surface area is 209 Å². The number of aromatic nitrogens is 1. The van der Waals surface area contributed by atoms with Gasteiger partial charge in [0.2, 0.25) is 11.8 Å². The maximum Gasteiger partial charge on any atom is 0.205 e. The number of hydrogen-bond donors (Lipinski definition) is 2. The number of nitrogens with zero attached hydrogens (tertiary/aromatic N) is 2. The largest absolute Gasteiger partial charge is 0.494 e. The second-order valence-electron chi connectivity index (χ2n) is 10.2. The van der Waals surface area contributed by atoms with Crippen LogP contribution in [0.4, 0.5) is 0 Å². The van der Waals surface area contributed by atoms with E-state index in [2.05, 4.69) is 6.07 Å². The molecule has 2 aliphatic rings. The van der Waals surface area contributed by atoms with Crippen LogP contribution in [-0.4, -0.2) is 21.4 Å². The predicted molar refractivity (Wildman–Crippen MR) is 137 cm³/mol. The van der Waals surface area contributed by atoms with Crippen LogP contribution in [0.3, 0.4) is 0 Å². The Balaban J connectivity index is 1.44. The summed E-state index contributed by atoms with van der Waals surface area (Å²) in [4.78, 5) is 0. The lowest BCUT2D eigenvalue weighted by atomic mass is 9.78. The topological polar surface area (TPSA) is 87.6 Å². The van der Waals surface area contributed by atoms with Crippen molar-refractivity contribution < 1.29 is 19.7 Å². The van der Waals surface area contributed by atoms with Gasteiger partial charge in [-0.3, -0.25) is 4.57 Å². The molecule has 0 spiro atoms. The van der Waals surface area contributed by atoms with Gasteiger partial charge < -0.3 is 19.7 Å². The molecule has 1 aromatic heterocycles. The normalized spacial score (nSPS) is 22.1. The van der Waals surface area contributed by atoms with Gasteiger partial charge in [-0.1, -0.05) is 42.5 Å². The fourth-order valence-corrected chi connectivity index (χ4v) is 6.26. The van der Waals surface area contributed by atoms with Crippen molar-refractivity contribution in [1.82, 2.24) is 4.57 Å². The van der Waals surface area contributed by atoms with E-state index in [4.69, 9.17) is 9.47 Å². The molecule has 0 amide bonds. The molecule has 0 radical (unpaired) electrons. The maximum atomic E-state index is 11.6. The van der Waals surface area contributed by atoms with Crippen LogP contribution in [-0.2, 0) is 15.9 Å². The number of nitriles is 1. The van der Waals surface area contributed by atoms with Crippen LogP contribution >= 0.6 is 0 Å². The molecule has 2 atom stereocenters. The van der Waals surface area contributed by atoms with E-state index in [0.29, 0.717) is 35.4 Å². The van der Waals surface area contributed by atoms with Crippen LogP contribution in [0.25, 0.3) is 16.5 Å². The molecule has 2 bridgehead atoms. The van der Waals surface area contributed by atoms with Crippen molar-refractivity contribution in [1.29, 1.82) is 5.26 Å². The average molecular weight is 481 g/mol. The Bertz CT molecular complexity index is 1560. The minimum Gasteiger partial charge on any atom is -0.494 e. The average Bonchev–Trinajstić information content (AvgIpc) is 3.45. The van der Waals surface area contributed by atoms with E-state index < -0.39 is 11.2 Å². The number of hydrogen-bond acceptors (Lipinski definition) is 5. The molecule has 3 aromatic carbocycles. The summed E-state index contributed by atoms with van der Waals surface area (Å²) >= 11 is 0. The van der Waals surface area contributed by atoms with Crippen LogP contribution < -0.4 is 4.74 Å². The molecule has 0 aliphatic carbocycles. The van der Waals surface area contributed by atoms with Crippen molar-refractivity contribution >= 4 is 10.8 Å². The smallest absolute Gasteiger partial charge is 0.205 e. The first-order valence-corrected chi connectivity index (χ1v) is 12.3. The van der Waals surface area contributed by atoms with Crippen LogP contribution in [0.5, 0.6) is 17.5 Å². The molecule has 1 saturated heterocycles. The monoisotopic (exact) mass is 480 g/mol. The van der Waals surface area contributed by atoms with Crippen molar-refractivity contribution in [2.24, 2.45) is 0 Å². The summed E-state index contributed by atoms with van der Waals surface area (Å²) in [6.07, 6.45) is 2.03. The van der Waals surface area contributed by atoms with E-state index in [1.54, 1.807) is 12.1 Å². The van der Waals surface area contributed by atoms with E-state index in [-0.39, 0.29) is 11.8 Å². The van der Waals surface area contributed by atoms with E-state index >= 15 is 0 Å². The van der Waals surface area contributed by atoms with Gasteiger partial charge in [-0.15, -0.1) is 0 Å². The predicted octanol–water partition coefficient (Wildman–Crippen LogP) is 6.23. The number of para-hydroxylation sites is 1. The van der Waals surface area contributed by atoms with Gasteiger partial charge in [-0.2, -0.15) is 5.26 Å². The highest BCUT2D eigenvalue weighted by molar-refractivity contribution is 5.95. The zero-order valence-electron chi connectivity index (χ0n) is 20.6. The van der Waals surface area contributed by atoms with Crippen molar-refractivity contribution in [2.75, 3.05) is 6.61 Å². The summed E-state index contributed by atoms with van der Waals surface area (Å²) in [6, 6.07) is 19.3. The molecule has 1 fully saturated rings. The molecule has 2 aliphatic heterocycles. The fourth-order valence-electron chi connectivity index (χ4n) is 6.26. The molecule has 4 aromatic rings. The van der Waals surface area contributed by atoms with Crippen LogP contribution in [0.2, 0.25) is 0 Å². The van der Waals surface area contributed by atoms with E-state index in [1.165, 1.54) is 4.57 Å². The molecule has 2 N–H and O–H groups in total. The van der Waals surface area contributed by atoms with Gasteiger partial charge in [0.1, 0.15) is 11.4 Å². The molecule has 182 valence electrons.